The summed E-state index contributed by atoms with van der Waals surface area (Å²) in [6.07, 6.45) is 4.62. The van der Waals surface area contributed by atoms with Gasteiger partial charge >= 0.3 is 5.97 Å². The molecule has 32 heavy (non-hydrogen) atoms. The van der Waals surface area contributed by atoms with E-state index in [2.05, 4.69) is 0 Å². The molecule has 1 aromatic carbocycles. The fraction of sp³-hybridized carbons (Fsp3) is 0.600. The molecule has 2 N–H and O–H groups in total. The third-order valence-corrected chi connectivity index (χ3v) is 6.69. The molecule has 0 amide bonds. The highest BCUT2D eigenvalue weighted by Crippen LogP contribution is 2.34. The van der Waals surface area contributed by atoms with Crippen molar-refractivity contribution >= 4 is 23.5 Å². The van der Waals surface area contributed by atoms with E-state index >= 15 is 0 Å². The van der Waals surface area contributed by atoms with E-state index in [0.717, 1.165) is 29.1 Å². The number of aliphatic hydroxyl groups excluding tert-OH is 2. The Labute approximate surface area is 195 Å². The number of ketones is 1. The second kappa shape index (κ2) is 14.5. The first-order valence-electron chi connectivity index (χ1n) is 11.3. The number of benzene rings is 1. The number of hydrogen-bond acceptors (Lipinski definition) is 7. The number of rotatable bonds is 14. The predicted molar refractivity (Wildman–Crippen MR) is 126 cm³/mol. The number of Topliss-reactive ketones (excluding diaryl/α,β-unsaturated/α-hetero) is 1. The molecule has 4 atom stereocenters. The highest BCUT2D eigenvalue weighted by molar-refractivity contribution is 7.99. The molecule has 1 saturated carbocycles. The van der Waals surface area contributed by atoms with Crippen LogP contribution in [0.15, 0.2) is 36.4 Å². The topological polar surface area (TPSA) is 93.1 Å². The summed E-state index contributed by atoms with van der Waals surface area (Å²) >= 11 is 1.71. The van der Waals surface area contributed by atoms with Crippen LogP contribution in [0.1, 0.15) is 43.7 Å². The molecule has 0 unspecified atom stereocenters. The number of carbonyl (C=O) groups is 2. The van der Waals surface area contributed by atoms with Gasteiger partial charge in [0.15, 0.2) is 0 Å². The number of hydrogen-bond donors (Lipinski definition) is 2. The summed E-state index contributed by atoms with van der Waals surface area (Å²) in [5.41, 5.74) is 2.06. The summed E-state index contributed by atoms with van der Waals surface area (Å²) in [6, 6.07) is 7.90. The maximum Gasteiger partial charge on any atom is 0.305 e. The number of esters is 1. The Morgan fingerprint density at radius 2 is 2.09 bits per heavy atom. The van der Waals surface area contributed by atoms with Crippen LogP contribution in [-0.2, 0) is 32.1 Å². The fourth-order valence-corrected chi connectivity index (χ4v) is 5.01. The minimum Gasteiger partial charge on any atom is -0.466 e. The average molecular weight is 465 g/mol. The lowest BCUT2D eigenvalue weighted by molar-refractivity contribution is -0.143. The molecule has 1 fully saturated rings. The van der Waals surface area contributed by atoms with Gasteiger partial charge in [-0.25, -0.2) is 0 Å². The molecule has 0 aliphatic heterocycles. The fourth-order valence-electron chi connectivity index (χ4n) is 4.04. The van der Waals surface area contributed by atoms with E-state index < -0.39 is 12.2 Å². The largest absolute Gasteiger partial charge is 0.466 e. The Hall–Kier alpha value is -1.67. The molecule has 7 heteroatoms. The molecule has 0 bridgehead atoms. The molecule has 0 heterocycles. The molecule has 2 rings (SSSR count). The molecule has 1 aliphatic rings. The van der Waals surface area contributed by atoms with E-state index in [1.54, 1.807) is 31.9 Å². The predicted octanol–water partition coefficient (Wildman–Crippen LogP) is 3.33. The van der Waals surface area contributed by atoms with Crippen LogP contribution in [0.3, 0.4) is 0 Å². The number of ether oxygens (including phenoxy) is 2. The van der Waals surface area contributed by atoms with Crippen LogP contribution in [0.4, 0.5) is 0 Å². The number of aliphatic hydroxyl groups is 2. The highest BCUT2D eigenvalue weighted by atomic mass is 32.2. The quantitative estimate of drug-likeness (QED) is 0.248. The van der Waals surface area contributed by atoms with E-state index in [4.69, 9.17) is 9.47 Å². The number of carbonyl (C=O) groups excluding carboxylic acids is 2. The summed E-state index contributed by atoms with van der Waals surface area (Å²) < 4.78 is 10.1. The molecule has 0 saturated heterocycles. The zero-order chi connectivity index (χ0) is 23.3. The lowest BCUT2D eigenvalue weighted by atomic mass is 9.91. The minimum atomic E-state index is -0.699. The molecule has 6 nitrogen and oxygen atoms in total. The van der Waals surface area contributed by atoms with Gasteiger partial charge in [-0.1, -0.05) is 36.4 Å². The van der Waals surface area contributed by atoms with Crippen molar-refractivity contribution in [3.63, 3.8) is 0 Å². The summed E-state index contributed by atoms with van der Waals surface area (Å²) in [4.78, 5) is 23.7. The Bertz CT molecular complexity index is 750. The Morgan fingerprint density at radius 1 is 1.31 bits per heavy atom. The van der Waals surface area contributed by atoms with E-state index in [1.165, 1.54) is 0 Å². The summed E-state index contributed by atoms with van der Waals surface area (Å²) in [5, 5.41) is 20.8. The smallest absolute Gasteiger partial charge is 0.305 e. The Morgan fingerprint density at radius 3 is 2.84 bits per heavy atom. The first-order chi connectivity index (χ1) is 15.4. The molecular weight excluding hydrogens is 428 g/mol. The first kappa shape index (κ1) is 26.6. The van der Waals surface area contributed by atoms with Gasteiger partial charge in [0.2, 0.25) is 0 Å². The normalized spacial score (nSPS) is 21.9. The van der Waals surface area contributed by atoms with Crippen LogP contribution >= 0.6 is 11.8 Å². The van der Waals surface area contributed by atoms with E-state index in [-0.39, 0.29) is 30.0 Å². The maximum absolute atomic E-state index is 12.4. The van der Waals surface area contributed by atoms with Gasteiger partial charge in [-0.3, -0.25) is 9.59 Å². The third-order valence-electron chi connectivity index (χ3n) is 5.58. The van der Waals surface area contributed by atoms with Gasteiger partial charge in [-0.15, -0.1) is 0 Å². The van der Waals surface area contributed by atoms with Crippen molar-refractivity contribution in [2.75, 3.05) is 25.2 Å². The molecule has 0 spiro atoms. The van der Waals surface area contributed by atoms with Gasteiger partial charge in [0.25, 0.3) is 0 Å². The molecule has 1 aliphatic carbocycles. The highest BCUT2D eigenvalue weighted by Gasteiger charge is 2.39. The standard InChI is InChI=1S/C25H36O6S/c1-3-31-25(29)8-5-12-32-13-11-22-21(23(27)16-24(22)28)10-9-20(26)15-18-6-4-7-19(14-18)17-30-2/h4,6-7,9-10,14,20-23,26-27H,3,5,8,11-13,15-17H2,1-2H3/t20-,21-,22-,23-/m1/s1. The van der Waals surface area contributed by atoms with Gasteiger partial charge in [0.05, 0.1) is 25.4 Å². The van der Waals surface area contributed by atoms with Crippen LogP contribution < -0.4 is 0 Å². The first-order valence-corrected chi connectivity index (χ1v) is 12.5. The lowest BCUT2D eigenvalue weighted by Crippen LogP contribution is -2.20. The van der Waals surface area contributed by atoms with Crippen molar-refractivity contribution in [2.45, 2.75) is 57.8 Å². The van der Waals surface area contributed by atoms with Crippen molar-refractivity contribution in [3.8, 4) is 0 Å². The van der Waals surface area contributed by atoms with Crippen LogP contribution in [0.25, 0.3) is 0 Å². The van der Waals surface area contributed by atoms with Crippen molar-refractivity contribution in [2.24, 2.45) is 11.8 Å². The van der Waals surface area contributed by atoms with Gasteiger partial charge in [0, 0.05) is 38.2 Å². The summed E-state index contributed by atoms with van der Waals surface area (Å²) in [7, 11) is 1.65. The van der Waals surface area contributed by atoms with Gasteiger partial charge in [-0.2, -0.15) is 11.8 Å². The van der Waals surface area contributed by atoms with Crippen molar-refractivity contribution in [1.29, 1.82) is 0 Å². The van der Waals surface area contributed by atoms with Gasteiger partial charge in [0.1, 0.15) is 5.78 Å². The minimum absolute atomic E-state index is 0.0843. The van der Waals surface area contributed by atoms with Gasteiger partial charge < -0.3 is 19.7 Å². The third kappa shape index (κ3) is 9.06. The second-order valence-corrected chi connectivity index (χ2v) is 9.37. The van der Waals surface area contributed by atoms with Crippen LogP contribution in [0.2, 0.25) is 0 Å². The van der Waals surface area contributed by atoms with Crippen molar-refractivity contribution < 1.29 is 29.3 Å². The van der Waals surface area contributed by atoms with Crippen LogP contribution in [0.5, 0.6) is 0 Å². The van der Waals surface area contributed by atoms with Crippen molar-refractivity contribution in [1.82, 2.24) is 0 Å². The zero-order valence-corrected chi connectivity index (χ0v) is 19.9. The maximum atomic E-state index is 12.4. The zero-order valence-electron chi connectivity index (χ0n) is 19.1. The SMILES string of the molecule is CCOC(=O)CCCSCC[C@H]1C(=O)C[C@@H](O)[C@@H]1C=C[C@@H](O)Cc1cccc(COC)c1. The number of thioether (sulfide) groups is 1. The second-order valence-electron chi connectivity index (χ2n) is 8.14. The van der Waals surface area contributed by atoms with E-state index in [1.807, 2.05) is 30.3 Å². The Balaban J connectivity index is 1.80. The summed E-state index contributed by atoms with van der Waals surface area (Å²) in [6.45, 7) is 2.73. The van der Waals surface area contributed by atoms with E-state index in [0.29, 0.717) is 32.5 Å². The molecule has 1 aromatic rings. The summed E-state index contributed by atoms with van der Waals surface area (Å²) in [5.74, 6) is 1.06. The number of methoxy groups -OCH3 is 1. The van der Waals surface area contributed by atoms with Crippen LogP contribution in [0, 0.1) is 11.8 Å². The average Bonchev–Trinajstić information content (AvgIpc) is 3.02. The van der Waals surface area contributed by atoms with Crippen molar-refractivity contribution in [3.05, 3.63) is 47.5 Å². The molecule has 0 aromatic heterocycles. The molecule has 0 radical (unpaired) electrons. The monoisotopic (exact) mass is 464 g/mol. The lowest BCUT2D eigenvalue weighted by Gasteiger charge is -2.18. The van der Waals surface area contributed by atoms with Gasteiger partial charge in [-0.05, 0) is 42.4 Å². The van der Waals surface area contributed by atoms with E-state index in [9.17, 15) is 19.8 Å². The molecule has 178 valence electrons. The van der Waals surface area contributed by atoms with Crippen LogP contribution in [-0.4, -0.2) is 59.4 Å². The Kier molecular flexibility index (Phi) is 12.0. The molecular formula is C25H36O6S.